The molecule has 1 atom stereocenters. The number of aromatic nitrogens is 1. The number of rotatable bonds is 7. The van der Waals surface area contributed by atoms with Gasteiger partial charge in [-0.2, -0.15) is 0 Å². The molecule has 112 valence electrons. The van der Waals surface area contributed by atoms with Crippen LogP contribution >= 0.6 is 11.6 Å². The number of aryl methyl sites for hydroxylation is 1. The average Bonchev–Trinajstić information content (AvgIpc) is 2.49. The van der Waals surface area contributed by atoms with Crippen molar-refractivity contribution in [1.29, 1.82) is 0 Å². The van der Waals surface area contributed by atoms with Crippen molar-refractivity contribution < 1.29 is 4.39 Å². The van der Waals surface area contributed by atoms with Crippen LogP contribution < -0.4 is 5.32 Å². The second kappa shape index (κ2) is 8.11. The summed E-state index contributed by atoms with van der Waals surface area (Å²) >= 11 is 5.79. The Hall–Kier alpha value is -1.45. The van der Waals surface area contributed by atoms with E-state index in [0.717, 1.165) is 19.4 Å². The van der Waals surface area contributed by atoms with Gasteiger partial charge in [0.2, 0.25) is 0 Å². The smallest absolute Gasteiger partial charge is 0.127 e. The lowest BCUT2D eigenvalue weighted by Gasteiger charge is -2.18. The first kappa shape index (κ1) is 15.9. The molecule has 1 N–H and O–H groups in total. The van der Waals surface area contributed by atoms with E-state index in [0.29, 0.717) is 17.0 Å². The summed E-state index contributed by atoms with van der Waals surface area (Å²) in [6, 6.07) is 9.18. The number of hydrogen-bond acceptors (Lipinski definition) is 2. The molecule has 0 fully saturated rings. The fourth-order valence-electron chi connectivity index (χ4n) is 2.41. The lowest BCUT2D eigenvalue weighted by molar-refractivity contribution is 0.480. The zero-order valence-electron chi connectivity index (χ0n) is 12.2. The van der Waals surface area contributed by atoms with Gasteiger partial charge in [0.1, 0.15) is 5.82 Å². The Morgan fingerprint density at radius 1 is 1.24 bits per heavy atom. The minimum atomic E-state index is -0.227. The van der Waals surface area contributed by atoms with Gasteiger partial charge < -0.3 is 5.32 Å². The molecule has 2 nitrogen and oxygen atoms in total. The van der Waals surface area contributed by atoms with E-state index in [2.05, 4.69) is 17.2 Å². The standard InChI is InChI=1S/C17H20ClFN2/c1-2-21-16(6-3-13-7-9-20-10-8-13)11-14-4-5-15(18)12-17(14)19/h4-5,7-10,12,16,21H,2-3,6,11H2,1H3. The first-order valence-corrected chi connectivity index (χ1v) is 7.63. The van der Waals surface area contributed by atoms with Crippen molar-refractivity contribution in [2.75, 3.05) is 6.54 Å². The maximum atomic E-state index is 13.9. The number of nitrogens with one attached hydrogen (secondary N) is 1. The van der Waals surface area contributed by atoms with E-state index in [-0.39, 0.29) is 11.9 Å². The predicted molar refractivity (Wildman–Crippen MR) is 85.1 cm³/mol. The van der Waals surface area contributed by atoms with Crippen LogP contribution in [0.4, 0.5) is 4.39 Å². The molecule has 1 heterocycles. The van der Waals surface area contributed by atoms with E-state index in [1.807, 2.05) is 12.1 Å². The van der Waals surface area contributed by atoms with E-state index in [1.54, 1.807) is 24.5 Å². The third kappa shape index (κ3) is 5.10. The molecular weight excluding hydrogens is 287 g/mol. The first-order chi connectivity index (χ1) is 10.2. The van der Waals surface area contributed by atoms with Crippen LogP contribution in [0.2, 0.25) is 5.02 Å². The van der Waals surface area contributed by atoms with Crippen LogP contribution in [0.1, 0.15) is 24.5 Å². The Morgan fingerprint density at radius 3 is 2.67 bits per heavy atom. The Bertz CT molecular complexity index is 560. The number of hydrogen-bond donors (Lipinski definition) is 1. The highest BCUT2D eigenvalue weighted by atomic mass is 35.5. The maximum Gasteiger partial charge on any atom is 0.127 e. The second-order valence-electron chi connectivity index (χ2n) is 5.09. The summed E-state index contributed by atoms with van der Waals surface area (Å²) in [5.74, 6) is -0.227. The molecule has 0 radical (unpaired) electrons. The normalized spacial score (nSPS) is 12.3. The molecule has 0 bridgehead atoms. The summed E-state index contributed by atoms with van der Waals surface area (Å²) in [7, 11) is 0. The van der Waals surface area contributed by atoms with Crippen LogP contribution in [0, 0.1) is 5.82 Å². The molecular formula is C17H20ClFN2. The number of halogens is 2. The van der Waals surface area contributed by atoms with Crippen molar-refractivity contribution in [2.24, 2.45) is 0 Å². The second-order valence-corrected chi connectivity index (χ2v) is 5.53. The van der Waals surface area contributed by atoms with Crippen LogP contribution in [0.5, 0.6) is 0 Å². The lowest BCUT2D eigenvalue weighted by atomic mass is 9.99. The van der Waals surface area contributed by atoms with E-state index in [1.165, 1.54) is 11.6 Å². The van der Waals surface area contributed by atoms with Gasteiger partial charge in [-0.1, -0.05) is 24.6 Å². The number of likely N-dealkylation sites (N-methyl/N-ethyl adjacent to an activating group) is 1. The SMILES string of the molecule is CCNC(CCc1ccncc1)Cc1ccc(Cl)cc1F. The van der Waals surface area contributed by atoms with Crippen LogP contribution in [-0.2, 0) is 12.8 Å². The quantitative estimate of drug-likeness (QED) is 0.835. The van der Waals surface area contributed by atoms with Gasteiger partial charge in [-0.05, 0) is 61.2 Å². The van der Waals surface area contributed by atoms with E-state index >= 15 is 0 Å². The molecule has 4 heteroatoms. The Labute approximate surface area is 130 Å². The average molecular weight is 307 g/mol. The molecule has 0 spiro atoms. The van der Waals surface area contributed by atoms with Crippen molar-refractivity contribution in [3.63, 3.8) is 0 Å². The minimum Gasteiger partial charge on any atom is -0.314 e. The van der Waals surface area contributed by atoms with Gasteiger partial charge in [-0.3, -0.25) is 4.98 Å². The Kier molecular flexibility index (Phi) is 6.15. The first-order valence-electron chi connectivity index (χ1n) is 7.25. The van der Waals surface area contributed by atoms with Gasteiger partial charge in [0, 0.05) is 23.5 Å². The lowest BCUT2D eigenvalue weighted by Crippen LogP contribution is -2.31. The molecule has 2 rings (SSSR count). The summed E-state index contributed by atoms with van der Waals surface area (Å²) < 4.78 is 13.9. The van der Waals surface area contributed by atoms with Crippen LogP contribution in [0.25, 0.3) is 0 Å². The number of nitrogens with zero attached hydrogens (tertiary/aromatic N) is 1. The van der Waals surface area contributed by atoms with Crippen LogP contribution in [-0.4, -0.2) is 17.6 Å². The third-order valence-corrected chi connectivity index (χ3v) is 3.74. The highest BCUT2D eigenvalue weighted by Crippen LogP contribution is 2.17. The molecule has 21 heavy (non-hydrogen) atoms. The minimum absolute atomic E-state index is 0.227. The molecule has 0 aliphatic heterocycles. The molecule has 1 unspecified atom stereocenters. The van der Waals surface area contributed by atoms with Gasteiger partial charge in [0.15, 0.2) is 0 Å². The molecule has 2 aromatic rings. The van der Waals surface area contributed by atoms with Crippen LogP contribution in [0.3, 0.4) is 0 Å². The largest absolute Gasteiger partial charge is 0.314 e. The van der Waals surface area contributed by atoms with E-state index in [4.69, 9.17) is 11.6 Å². The zero-order chi connectivity index (χ0) is 15.1. The molecule has 0 aliphatic rings. The highest BCUT2D eigenvalue weighted by Gasteiger charge is 2.12. The zero-order valence-corrected chi connectivity index (χ0v) is 12.9. The highest BCUT2D eigenvalue weighted by molar-refractivity contribution is 6.30. The van der Waals surface area contributed by atoms with Gasteiger partial charge in [0.05, 0.1) is 0 Å². The van der Waals surface area contributed by atoms with Gasteiger partial charge in [-0.25, -0.2) is 4.39 Å². The monoisotopic (exact) mass is 306 g/mol. The number of pyridine rings is 1. The Morgan fingerprint density at radius 2 is 2.00 bits per heavy atom. The molecule has 0 saturated heterocycles. The summed E-state index contributed by atoms with van der Waals surface area (Å²) in [4.78, 5) is 4.02. The summed E-state index contributed by atoms with van der Waals surface area (Å²) in [6.07, 6.45) is 6.18. The summed E-state index contributed by atoms with van der Waals surface area (Å²) in [6.45, 7) is 2.94. The van der Waals surface area contributed by atoms with Crippen molar-refractivity contribution >= 4 is 11.6 Å². The summed E-state index contributed by atoms with van der Waals surface area (Å²) in [5.41, 5.74) is 1.96. The molecule has 0 amide bonds. The molecule has 1 aromatic carbocycles. The van der Waals surface area contributed by atoms with Crippen LogP contribution in [0.15, 0.2) is 42.7 Å². The topological polar surface area (TPSA) is 24.9 Å². The summed E-state index contributed by atoms with van der Waals surface area (Å²) in [5, 5.41) is 3.87. The van der Waals surface area contributed by atoms with Crippen molar-refractivity contribution in [2.45, 2.75) is 32.2 Å². The van der Waals surface area contributed by atoms with Crippen molar-refractivity contribution in [3.8, 4) is 0 Å². The number of benzene rings is 1. The molecule has 0 aliphatic carbocycles. The van der Waals surface area contributed by atoms with Gasteiger partial charge >= 0.3 is 0 Å². The maximum absolute atomic E-state index is 13.9. The van der Waals surface area contributed by atoms with Gasteiger partial charge in [0.25, 0.3) is 0 Å². The van der Waals surface area contributed by atoms with E-state index in [9.17, 15) is 4.39 Å². The fraction of sp³-hybridized carbons (Fsp3) is 0.353. The van der Waals surface area contributed by atoms with Gasteiger partial charge in [-0.15, -0.1) is 0 Å². The van der Waals surface area contributed by atoms with Crippen molar-refractivity contribution in [3.05, 3.63) is 64.7 Å². The molecule has 1 aromatic heterocycles. The predicted octanol–water partition coefficient (Wildman–Crippen LogP) is 4.03. The van der Waals surface area contributed by atoms with Crippen molar-refractivity contribution in [1.82, 2.24) is 10.3 Å². The van der Waals surface area contributed by atoms with E-state index < -0.39 is 0 Å². The molecule has 0 saturated carbocycles. The third-order valence-electron chi connectivity index (χ3n) is 3.51. The Balaban J connectivity index is 1.98. The fourth-order valence-corrected chi connectivity index (χ4v) is 2.57.